The van der Waals surface area contributed by atoms with Crippen LogP contribution in [0, 0.1) is 11.8 Å². The molecule has 3 rings (SSSR count). The molecule has 0 spiro atoms. The molecule has 14 heavy (non-hydrogen) atoms. The minimum atomic E-state index is -0.684. The zero-order valence-corrected chi connectivity index (χ0v) is 9.13. The number of carboxylic acid groups (broad SMARTS) is 1. The summed E-state index contributed by atoms with van der Waals surface area (Å²) >= 11 is 1.58. The highest BCUT2D eigenvalue weighted by atomic mass is 32.2. The zero-order chi connectivity index (χ0) is 9.97. The Bertz CT molecular complexity index is 214. The molecule has 3 aliphatic heterocycles. The Morgan fingerprint density at radius 1 is 1.43 bits per heavy atom. The van der Waals surface area contributed by atoms with Crippen molar-refractivity contribution in [2.45, 2.75) is 12.8 Å². The molecular formula is C10H17NO2S. The second-order valence-corrected chi connectivity index (χ2v) is 5.34. The minimum absolute atomic E-state index is 0.267. The maximum atomic E-state index is 10.4. The Balaban J connectivity index is 1.73. The van der Waals surface area contributed by atoms with Gasteiger partial charge in [0, 0.05) is 6.54 Å². The van der Waals surface area contributed by atoms with Crippen LogP contribution in [0.1, 0.15) is 12.8 Å². The van der Waals surface area contributed by atoms with Crippen molar-refractivity contribution in [2.75, 3.05) is 31.1 Å². The first-order valence-electron chi connectivity index (χ1n) is 5.27. The predicted molar refractivity (Wildman–Crippen MR) is 57.6 cm³/mol. The maximum Gasteiger partial charge on any atom is 0.313 e. The lowest BCUT2D eigenvalue weighted by Gasteiger charge is -2.44. The summed E-state index contributed by atoms with van der Waals surface area (Å²) in [6, 6.07) is 0. The number of aliphatic carboxylic acids is 1. The molecule has 1 unspecified atom stereocenters. The van der Waals surface area contributed by atoms with Gasteiger partial charge < -0.3 is 10.0 Å². The van der Waals surface area contributed by atoms with Crippen molar-refractivity contribution in [1.29, 1.82) is 0 Å². The third-order valence-corrected chi connectivity index (χ3v) is 4.46. The molecule has 1 atom stereocenters. The Kier molecular flexibility index (Phi) is 3.34. The lowest BCUT2D eigenvalue weighted by molar-refractivity contribution is -0.133. The monoisotopic (exact) mass is 215 g/mol. The van der Waals surface area contributed by atoms with E-state index in [9.17, 15) is 4.79 Å². The smallest absolute Gasteiger partial charge is 0.313 e. The summed E-state index contributed by atoms with van der Waals surface area (Å²) in [5, 5.41) is 8.54. The normalized spacial score (nSPS) is 35.9. The molecule has 3 fully saturated rings. The van der Waals surface area contributed by atoms with Crippen LogP contribution in [0.4, 0.5) is 0 Å². The lowest BCUT2D eigenvalue weighted by Crippen LogP contribution is -2.48. The van der Waals surface area contributed by atoms with Crippen LogP contribution >= 0.6 is 11.8 Å². The lowest BCUT2D eigenvalue weighted by atomic mass is 9.80. The van der Waals surface area contributed by atoms with Crippen molar-refractivity contribution in [1.82, 2.24) is 4.90 Å². The van der Waals surface area contributed by atoms with Crippen LogP contribution < -0.4 is 0 Å². The molecule has 0 aliphatic carbocycles. The Hall–Kier alpha value is -0.220. The Labute approximate surface area is 88.9 Å². The van der Waals surface area contributed by atoms with Gasteiger partial charge in [0.2, 0.25) is 0 Å². The second-order valence-electron chi connectivity index (χ2n) is 4.31. The van der Waals surface area contributed by atoms with Gasteiger partial charge in [0.15, 0.2) is 0 Å². The van der Waals surface area contributed by atoms with Gasteiger partial charge in [-0.3, -0.25) is 4.79 Å². The first-order valence-corrected chi connectivity index (χ1v) is 6.43. The summed E-state index contributed by atoms with van der Waals surface area (Å²) < 4.78 is 0. The predicted octanol–water partition coefficient (Wildman–Crippen LogP) is 1.15. The number of nitrogens with zero attached hydrogens (tertiary/aromatic N) is 1. The first-order chi connectivity index (χ1) is 6.75. The molecule has 0 amide bonds. The highest BCUT2D eigenvalue weighted by Gasteiger charge is 2.33. The van der Waals surface area contributed by atoms with E-state index in [1.54, 1.807) is 11.8 Å². The summed E-state index contributed by atoms with van der Waals surface area (Å²) in [7, 11) is 0. The fraction of sp³-hybridized carbons (Fsp3) is 0.900. The van der Waals surface area contributed by atoms with Gasteiger partial charge in [0.25, 0.3) is 0 Å². The maximum absolute atomic E-state index is 10.4. The standard InChI is InChI=1S/C10H17NO2S/c12-10(13)7-14-6-9-5-11-3-1-8(9)2-4-11/h8-9H,1-7H2,(H,12,13). The molecule has 0 aromatic heterocycles. The van der Waals surface area contributed by atoms with Gasteiger partial charge in [-0.25, -0.2) is 0 Å². The molecule has 80 valence electrons. The molecule has 3 aliphatic rings. The van der Waals surface area contributed by atoms with Crippen LogP contribution in [-0.2, 0) is 4.79 Å². The van der Waals surface area contributed by atoms with Crippen molar-refractivity contribution in [3.63, 3.8) is 0 Å². The molecule has 1 N–H and O–H groups in total. The summed E-state index contributed by atoms with van der Waals surface area (Å²) in [4.78, 5) is 12.9. The average Bonchev–Trinajstić information content (AvgIpc) is 2.19. The SMILES string of the molecule is O=C(O)CSCC1CN2CCC1CC2. The van der Waals surface area contributed by atoms with Gasteiger partial charge in [0.1, 0.15) is 0 Å². The molecular weight excluding hydrogens is 198 g/mol. The number of hydrogen-bond donors (Lipinski definition) is 1. The van der Waals surface area contributed by atoms with Crippen LogP contribution in [0.15, 0.2) is 0 Å². The fourth-order valence-electron chi connectivity index (χ4n) is 2.57. The van der Waals surface area contributed by atoms with Crippen molar-refractivity contribution in [3.05, 3.63) is 0 Å². The van der Waals surface area contributed by atoms with Crippen LogP contribution in [-0.4, -0.2) is 47.1 Å². The van der Waals surface area contributed by atoms with Gasteiger partial charge in [-0.05, 0) is 43.5 Å². The van der Waals surface area contributed by atoms with E-state index in [1.165, 1.54) is 32.5 Å². The number of fused-ring (bicyclic) bond motifs is 3. The Morgan fingerprint density at radius 3 is 2.64 bits per heavy atom. The third kappa shape index (κ3) is 2.42. The first kappa shape index (κ1) is 10.3. The third-order valence-electron chi connectivity index (χ3n) is 3.35. The van der Waals surface area contributed by atoms with E-state index in [1.807, 2.05) is 0 Å². The minimum Gasteiger partial charge on any atom is -0.481 e. The molecule has 3 saturated heterocycles. The van der Waals surface area contributed by atoms with E-state index < -0.39 is 5.97 Å². The van der Waals surface area contributed by atoms with E-state index in [0.717, 1.165) is 17.6 Å². The van der Waals surface area contributed by atoms with E-state index in [0.29, 0.717) is 0 Å². The number of rotatable bonds is 4. The van der Waals surface area contributed by atoms with Gasteiger partial charge in [-0.15, -0.1) is 11.8 Å². The van der Waals surface area contributed by atoms with Gasteiger partial charge in [-0.1, -0.05) is 0 Å². The summed E-state index contributed by atoms with van der Waals surface area (Å²) in [6.07, 6.45) is 2.66. The molecule has 3 nitrogen and oxygen atoms in total. The number of thioether (sulfide) groups is 1. The van der Waals surface area contributed by atoms with Crippen molar-refractivity contribution in [2.24, 2.45) is 11.8 Å². The molecule has 0 saturated carbocycles. The zero-order valence-electron chi connectivity index (χ0n) is 8.32. The molecule has 3 heterocycles. The van der Waals surface area contributed by atoms with Crippen molar-refractivity contribution < 1.29 is 9.90 Å². The van der Waals surface area contributed by atoms with Crippen molar-refractivity contribution in [3.8, 4) is 0 Å². The molecule has 2 bridgehead atoms. The van der Waals surface area contributed by atoms with Crippen molar-refractivity contribution >= 4 is 17.7 Å². The van der Waals surface area contributed by atoms with Crippen LogP contribution in [0.2, 0.25) is 0 Å². The number of carbonyl (C=O) groups is 1. The van der Waals surface area contributed by atoms with E-state index in [4.69, 9.17) is 5.11 Å². The van der Waals surface area contributed by atoms with Gasteiger partial charge >= 0.3 is 5.97 Å². The van der Waals surface area contributed by atoms with Gasteiger partial charge in [-0.2, -0.15) is 0 Å². The molecule has 0 aromatic carbocycles. The van der Waals surface area contributed by atoms with Gasteiger partial charge in [0.05, 0.1) is 5.75 Å². The van der Waals surface area contributed by atoms with Crippen LogP contribution in [0.5, 0.6) is 0 Å². The highest BCUT2D eigenvalue weighted by Crippen LogP contribution is 2.33. The van der Waals surface area contributed by atoms with E-state index in [2.05, 4.69) is 4.90 Å². The second kappa shape index (κ2) is 4.53. The molecule has 0 aromatic rings. The average molecular weight is 215 g/mol. The molecule has 0 radical (unpaired) electrons. The Morgan fingerprint density at radius 2 is 2.14 bits per heavy atom. The topological polar surface area (TPSA) is 40.5 Å². The summed E-state index contributed by atoms with van der Waals surface area (Å²) in [5.41, 5.74) is 0. The highest BCUT2D eigenvalue weighted by molar-refractivity contribution is 7.99. The summed E-state index contributed by atoms with van der Waals surface area (Å²) in [5.74, 6) is 2.25. The van der Waals surface area contributed by atoms with E-state index in [-0.39, 0.29) is 5.75 Å². The number of hydrogen-bond acceptors (Lipinski definition) is 3. The van der Waals surface area contributed by atoms with Crippen LogP contribution in [0.25, 0.3) is 0 Å². The number of piperidine rings is 3. The van der Waals surface area contributed by atoms with Crippen LogP contribution in [0.3, 0.4) is 0 Å². The van der Waals surface area contributed by atoms with E-state index >= 15 is 0 Å². The fourth-order valence-corrected chi connectivity index (χ4v) is 3.55. The quantitative estimate of drug-likeness (QED) is 0.763. The number of carboxylic acids is 1. The largest absolute Gasteiger partial charge is 0.481 e. The summed E-state index contributed by atoms with van der Waals surface area (Å²) in [6.45, 7) is 3.74. The molecule has 4 heteroatoms.